The molecule has 0 radical (unpaired) electrons. The minimum Gasteiger partial charge on any atom is -0.355 e. The standard InChI is InChI=1S/C22H27N5O/c28-22(23-10-9-20-17-27-11-5-4-8-21(27)24-20)18-26-14-12-25(13-15-26)16-19-6-2-1-3-7-19/h1-8,11,17H,9-10,12-16,18H2,(H,23,28). The van der Waals surface area contributed by atoms with Crippen molar-refractivity contribution in [1.82, 2.24) is 24.5 Å². The molecule has 0 atom stereocenters. The predicted molar refractivity (Wildman–Crippen MR) is 110 cm³/mol. The Bertz CT molecular complexity index is 866. The van der Waals surface area contributed by atoms with Crippen LogP contribution in [0.5, 0.6) is 0 Å². The summed E-state index contributed by atoms with van der Waals surface area (Å²) in [6.07, 6.45) is 4.76. The molecule has 1 amide bonds. The zero-order valence-corrected chi connectivity index (χ0v) is 16.1. The number of nitrogens with zero attached hydrogens (tertiary/aromatic N) is 4. The minimum absolute atomic E-state index is 0.0975. The predicted octanol–water partition coefficient (Wildman–Crippen LogP) is 1.81. The molecule has 6 heteroatoms. The van der Waals surface area contributed by atoms with E-state index in [4.69, 9.17) is 0 Å². The summed E-state index contributed by atoms with van der Waals surface area (Å²) < 4.78 is 2.01. The van der Waals surface area contributed by atoms with Crippen molar-refractivity contribution in [2.75, 3.05) is 39.3 Å². The number of imidazole rings is 1. The summed E-state index contributed by atoms with van der Waals surface area (Å²) in [6, 6.07) is 16.5. The lowest BCUT2D eigenvalue weighted by Crippen LogP contribution is -2.49. The van der Waals surface area contributed by atoms with E-state index in [1.54, 1.807) is 0 Å². The molecule has 6 nitrogen and oxygen atoms in total. The molecule has 1 fully saturated rings. The van der Waals surface area contributed by atoms with E-state index in [-0.39, 0.29) is 5.91 Å². The van der Waals surface area contributed by atoms with Crippen LogP contribution in [0.15, 0.2) is 60.9 Å². The molecule has 0 saturated carbocycles. The molecule has 1 aromatic carbocycles. The molecule has 0 spiro atoms. The lowest BCUT2D eigenvalue weighted by Gasteiger charge is -2.34. The van der Waals surface area contributed by atoms with E-state index in [0.29, 0.717) is 13.1 Å². The number of aromatic nitrogens is 2. The molecular weight excluding hydrogens is 350 g/mol. The van der Waals surface area contributed by atoms with Crippen molar-refractivity contribution in [1.29, 1.82) is 0 Å². The Labute approximate surface area is 165 Å². The van der Waals surface area contributed by atoms with Crippen LogP contribution in [0.1, 0.15) is 11.3 Å². The molecule has 4 rings (SSSR count). The molecule has 28 heavy (non-hydrogen) atoms. The van der Waals surface area contributed by atoms with Gasteiger partial charge < -0.3 is 9.72 Å². The molecule has 146 valence electrons. The number of benzene rings is 1. The third-order valence-electron chi connectivity index (χ3n) is 5.20. The first-order chi connectivity index (χ1) is 13.8. The Morgan fingerprint density at radius 3 is 2.50 bits per heavy atom. The lowest BCUT2D eigenvalue weighted by molar-refractivity contribution is -0.122. The molecular formula is C22H27N5O. The summed E-state index contributed by atoms with van der Waals surface area (Å²) in [6.45, 7) is 5.97. The average Bonchev–Trinajstić information content (AvgIpc) is 3.13. The fourth-order valence-electron chi connectivity index (χ4n) is 3.64. The number of piperazine rings is 1. The highest BCUT2D eigenvalue weighted by atomic mass is 16.2. The van der Waals surface area contributed by atoms with Gasteiger partial charge in [-0.3, -0.25) is 14.6 Å². The highest BCUT2D eigenvalue weighted by molar-refractivity contribution is 5.78. The van der Waals surface area contributed by atoms with Crippen LogP contribution in [-0.4, -0.2) is 64.4 Å². The van der Waals surface area contributed by atoms with Crippen LogP contribution < -0.4 is 5.32 Å². The van der Waals surface area contributed by atoms with Gasteiger partial charge in [0, 0.05) is 58.1 Å². The number of nitrogens with one attached hydrogen (secondary N) is 1. The molecule has 0 unspecified atom stereocenters. The van der Waals surface area contributed by atoms with Gasteiger partial charge in [0.1, 0.15) is 5.65 Å². The van der Waals surface area contributed by atoms with Gasteiger partial charge in [0.15, 0.2) is 0 Å². The Balaban J connectivity index is 1.15. The van der Waals surface area contributed by atoms with E-state index in [2.05, 4.69) is 50.4 Å². The minimum atomic E-state index is 0.0975. The van der Waals surface area contributed by atoms with Gasteiger partial charge in [0.2, 0.25) is 5.91 Å². The van der Waals surface area contributed by atoms with Gasteiger partial charge in [0.25, 0.3) is 0 Å². The first kappa shape index (κ1) is 18.7. The molecule has 2 aromatic heterocycles. The third kappa shape index (κ3) is 4.97. The van der Waals surface area contributed by atoms with Gasteiger partial charge in [-0.2, -0.15) is 0 Å². The maximum atomic E-state index is 12.3. The van der Waals surface area contributed by atoms with Gasteiger partial charge in [-0.15, -0.1) is 0 Å². The molecule has 3 aromatic rings. The van der Waals surface area contributed by atoms with Crippen molar-refractivity contribution >= 4 is 11.6 Å². The van der Waals surface area contributed by atoms with Crippen molar-refractivity contribution in [3.8, 4) is 0 Å². The highest BCUT2D eigenvalue weighted by Crippen LogP contribution is 2.08. The topological polar surface area (TPSA) is 52.9 Å². The fraction of sp³-hybridized carbons (Fsp3) is 0.364. The Morgan fingerprint density at radius 2 is 1.71 bits per heavy atom. The summed E-state index contributed by atoms with van der Waals surface area (Å²) in [5.74, 6) is 0.0975. The molecule has 3 heterocycles. The van der Waals surface area contributed by atoms with Crippen molar-refractivity contribution in [2.24, 2.45) is 0 Å². The summed E-state index contributed by atoms with van der Waals surface area (Å²) in [7, 11) is 0. The quantitative estimate of drug-likeness (QED) is 0.682. The summed E-state index contributed by atoms with van der Waals surface area (Å²) in [4.78, 5) is 21.5. The smallest absolute Gasteiger partial charge is 0.234 e. The first-order valence-corrected chi connectivity index (χ1v) is 9.94. The maximum Gasteiger partial charge on any atom is 0.234 e. The van der Waals surface area contributed by atoms with Gasteiger partial charge in [-0.1, -0.05) is 36.4 Å². The van der Waals surface area contributed by atoms with Gasteiger partial charge in [-0.25, -0.2) is 4.98 Å². The Morgan fingerprint density at radius 1 is 0.964 bits per heavy atom. The second-order valence-corrected chi connectivity index (χ2v) is 7.34. The number of carbonyl (C=O) groups excluding carboxylic acids is 1. The summed E-state index contributed by atoms with van der Waals surface area (Å²) in [5.41, 5.74) is 3.29. The largest absolute Gasteiger partial charge is 0.355 e. The van der Waals surface area contributed by atoms with Gasteiger partial charge in [0.05, 0.1) is 12.2 Å². The monoisotopic (exact) mass is 377 g/mol. The normalized spacial score (nSPS) is 15.7. The average molecular weight is 377 g/mol. The maximum absolute atomic E-state index is 12.3. The van der Waals surface area contributed by atoms with Crippen molar-refractivity contribution in [2.45, 2.75) is 13.0 Å². The van der Waals surface area contributed by atoms with E-state index >= 15 is 0 Å². The number of rotatable bonds is 7. The number of hydrogen-bond acceptors (Lipinski definition) is 4. The van der Waals surface area contributed by atoms with E-state index in [9.17, 15) is 4.79 Å². The number of amides is 1. The zero-order chi connectivity index (χ0) is 19.2. The van der Waals surface area contributed by atoms with Crippen LogP contribution in [0.2, 0.25) is 0 Å². The van der Waals surface area contributed by atoms with Crippen molar-refractivity contribution in [3.05, 3.63) is 72.2 Å². The second-order valence-electron chi connectivity index (χ2n) is 7.34. The van der Waals surface area contributed by atoms with Crippen LogP contribution in [0.25, 0.3) is 5.65 Å². The lowest BCUT2D eigenvalue weighted by atomic mass is 10.2. The van der Waals surface area contributed by atoms with Crippen LogP contribution in [0.3, 0.4) is 0 Å². The number of hydrogen-bond donors (Lipinski definition) is 1. The molecule has 0 aliphatic carbocycles. The van der Waals surface area contributed by atoms with E-state index in [1.807, 2.05) is 35.0 Å². The summed E-state index contributed by atoms with van der Waals surface area (Å²) in [5, 5.41) is 3.03. The first-order valence-electron chi connectivity index (χ1n) is 9.94. The fourth-order valence-corrected chi connectivity index (χ4v) is 3.64. The van der Waals surface area contributed by atoms with Gasteiger partial charge >= 0.3 is 0 Å². The zero-order valence-electron chi connectivity index (χ0n) is 16.1. The SMILES string of the molecule is O=C(CN1CCN(Cc2ccccc2)CC1)NCCc1cn2ccccc2n1. The summed E-state index contributed by atoms with van der Waals surface area (Å²) >= 11 is 0. The van der Waals surface area contributed by atoms with E-state index in [0.717, 1.165) is 50.5 Å². The Hall–Kier alpha value is -2.70. The molecule has 1 aliphatic rings. The Kier molecular flexibility index (Phi) is 5.99. The molecule has 1 saturated heterocycles. The van der Waals surface area contributed by atoms with Crippen molar-refractivity contribution < 1.29 is 4.79 Å². The van der Waals surface area contributed by atoms with Crippen LogP contribution in [-0.2, 0) is 17.8 Å². The highest BCUT2D eigenvalue weighted by Gasteiger charge is 2.18. The number of carbonyl (C=O) groups is 1. The number of fused-ring (bicyclic) bond motifs is 1. The van der Waals surface area contributed by atoms with E-state index < -0.39 is 0 Å². The third-order valence-corrected chi connectivity index (χ3v) is 5.20. The van der Waals surface area contributed by atoms with E-state index in [1.165, 1.54) is 5.56 Å². The molecule has 1 N–H and O–H groups in total. The van der Waals surface area contributed by atoms with Gasteiger partial charge in [-0.05, 0) is 17.7 Å². The molecule has 0 bridgehead atoms. The molecule has 1 aliphatic heterocycles. The van der Waals surface area contributed by atoms with Crippen molar-refractivity contribution in [3.63, 3.8) is 0 Å². The van der Waals surface area contributed by atoms with Crippen LogP contribution in [0.4, 0.5) is 0 Å². The number of pyridine rings is 1. The van der Waals surface area contributed by atoms with Crippen LogP contribution >= 0.6 is 0 Å². The second kappa shape index (κ2) is 8.99. The van der Waals surface area contributed by atoms with Crippen LogP contribution in [0, 0.1) is 0 Å².